The third-order valence-corrected chi connectivity index (χ3v) is 5.24. The van der Waals surface area contributed by atoms with Gasteiger partial charge in [-0.1, -0.05) is 12.1 Å². The van der Waals surface area contributed by atoms with Gasteiger partial charge in [-0.25, -0.2) is 4.21 Å². The molecular formula is C23H27NO8S. The molecule has 0 heterocycles. The molecule has 0 saturated heterocycles. The Morgan fingerprint density at radius 1 is 1.00 bits per heavy atom. The Hall–Kier alpha value is -3.37. The van der Waals surface area contributed by atoms with Crippen LogP contribution in [0.2, 0.25) is 0 Å². The summed E-state index contributed by atoms with van der Waals surface area (Å²) in [6.07, 6.45) is 0.729. The third kappa shape index (κ3) is 6.56. The molecule has 2 aromatic rings. The van der Waals surface area contributed by atoms with Crippen LogP contribution in [0.3, 0.4) is 0 Å². The molecule has 0 saturated carbocycles. The van der Waals surface area contributed by atoms with E-state index in [2.05, 4.69) is 5.32 Å². The maximum absolute atomic E-state index is 12.2. The van der Waals surface area contributed by atoms with Crippen LogP contribution in [0, 0.1) is 0 Å². The second-order valence-electron chi connectivity index (χ2n) is 6.70. The van der Waals surface area contributed by atoms with Crippen molar-refractivity contribution < 1.29 is 37.3 Å². The van der Waals surface area contributed by atoms with Gasteiger partial charge in [0.05, 0.1) is 45.4 Å². The fraction of sp³-hybridized carbons (Fsp3) is 0.304. The summed E-state index contributed by atoms with van der Waals surface area (Å²) in [6, 6.07) is 10.3. The minimum atomic E-state index is -2.19. The molecule has 0 aliphatic carbocycles. The van der Waals surface area contributed by atoms with E-state index in [1.165, 1.54) is 34.5 Å². The highest BCUT2D eigenvalue weighted by atomic mass is 32.2. The number of amides is 1. The summed E-state index contributed by atoms with van der Waals surface area (Å²) in [7, 11) is 5.89. The molecular weight excluding hydrogens is 450 g/mol. The van der Waals surface area contributed by atoms with E-state index in [0.29, 0.717) is 45.9 Å². The van der Waals surface area contributed by atoms with Gasteiger partial charge >= 0.3 is 0 Å². The van der Waals surface area contributed by atoms with E-state index >= 15 is 0 Å². The molecule has 33 heavy (non-hydrogen) atoms. The molecule has 9 nitrogen and oxygen atoms in total. The molecule has 10 heteroatoms. The van der Waals surface area contributed by atoms with Gasteiger partial charge in [0.15, 0.2) is 22.6 Å². The quantitative estimate of drug-likeness (QED) is 0.206. The van der Waals surface area contributed by atoms with Crippen LogP contribution in [-0.2, 0) is 35.9 Å². The van der Waals surface area contributed by atoms with Crippen LogP contribution in [-0.4, -0.2) is 49.4 Å². The van der Waals surface area contributed by atoms with Crippen LogP contribution in [0.15, 0.2) is 36.4 Å². The van der Waals surface area contributed by atoms with E-state index in [-0.39, 0.29) is 24.4 Å². The molecule has 178 valence electrons. The predicted octanol–water partition coefficient (Wildman–Crippen LogP) is 3.46. The van der Waals surface area contributed by atoms with E-state index < -0.39 is 17.0 Å². The molecule has 0 fully saturated rings. The summed E-state index contributed by atoms with van der Waals surface area (Å²) in [4.78, 5) is 22.7. The first-order chi connectivity index (χ1) is 15.9. The maximum atomic E-state index is 12.2. The zero-order valence-corrected chi connectivity index (χ0v) is 19.7. The monoisotopic (exact) mass is 477 g/mol. The van der Waals surface area contributed by atoms with Crippen LogP contribution in [0.25, 0.3) is 11.5 Å². The topological polar surface area (TPSA) is 120 Å². The van der Waals surface area contributed by atoms with Crippen molar-refractivity contribution in [2.75, 3.05) is 33.8 Å². The number of benzene rings is 2. The molecule has 0 spiro atoms. The standard InChI is InChI=1S/C23H27NO8S/c1-29-19-9-6-5-8-16(19)22(31-3)23(32-4)17-13-20(30-2)18(12-15(17)14-33(27)28)24-21(26)10-7-11-25/h5-6,8-9,11-13H,7,10,14H2,1-4H3,(H,24,26)(H,27,28). The summed E-state index contributed by atoms with van der Waals surface area (Å²) < 4.78 is 43.5. The average molecular weight is 478 g/mol. The van der Waals surface area contributed by atoms with Crippen molar-refractivity contribution in [1.29, 1.82) is 0 Å². The molecule has 0 aromatic heterocycles. The number of anilines is 1. The lowest BCUT2D eigenvalue weighted by atomic mass is 10.0. The van der Waals surface area contributed by atoms with E-state index in [4.69, 9.17) is 18.9 Å². The largest absolute Gasteiger partial charge is 0.496 e. The lowest BCUT2D eigenvalue weighted by Gasteiger charge is -2.20. The van der Waals surface area contributed by atoms with Crippen molar-refractivity contribution >= 4 is 40.5 Å². The van der Waals surface area contributed by atoms with Crippen LogP contribution >= 0.6 is 0 Å². The number of hydrogen-bond acceptors (Lipinski definition) is 7. The van der Waals surface area contributed by atoms with Crippen molar-refractivity contribution in [3.05, 3.63) is 53.1 Å². The normalized spacial score (nSPS) is 12.3. The fourth-order valence-corrected chi connectivity index (χ4v) is 3.74. The molecule has 0 aliphatic rings. The molecule has 0 bridgehead atoms. The van der Waals surface area contributed by atoms with Gasteiger partial charge in [0.2, 0.25) is 5.91 Å². The predicted molar refractivity (Wildman–Crippen MR) is 125 cm³/mol. The zero-order valence-electron chi connectivity index (χ0n) is 18.9. The Morgan fingerprint density at radius 2 is 1.64 bits per heavy atom. The highest BCUT2D eigenvalue weighted by Crippen LogP contribution is 2.38. The van der Waals surface area contributed by atoms with Gasteiger partial charge in [-0.2, -0.15) is 0 Å². The average Bonchev–Trinajstić information content (AvgIpc) is 2.81. The second kappa shape index (κ2) is 12.6. The minimum absolute atomic E-state index is 0.000514. The third-order valence-electron chi connectivity index (χ3n) is 4.68. The Bertz CT molecular complexity index is 1050. The van der Waals surface area contributed by atoms with Gasteiger partial charge in [-0.15, -0.1) is 0 Å². The lowest BCUT2D eigenvalue weighted by Crippen LogP contribution is -2.13. The Balaban J connectivity index is 2.73. The van der Waals surface area contributed by atoms with Gasteiger partial charge < -0.3 is 33.6 Å². The maximum Gasteiger partial charge on any atom is 0.224 e. The number of carbonyl (C=O) groups is 2. The number of hydrogen-bond donors (Lipinski definition) is 2. The number of methoxy groups -OCH3 is 4. The van der Waals surface area contributed by atoms with Gasteiger partial charge in [0.25, 0.3) is 0 Å². The zero-order chi connectivity index (χ0) is 24.4. The number of aldehydes is 1. The molecule has 2 aromatic carbocycles. The van der Waals surface area contributed by atoms with E-state index in [9.17, 15) is 18.4 Å². The Kier molecular flexibility index (Phi) is 9.89. The SMILES string of the molecule is COC(=C(OC)c1ccccc1OC)c1cc(OC)c(NC(=O)CCC=O)cc1CS(=O)O. The first-order valence-corrected chi connectivity index (χ1v) is 11.2. The summed E-state index contributed by atoms with van der Waals surface area (Å²) in [6.45, 7) is 0. The molecule has 0 aliphatic heterocycles. The van der Waals surface area contributed by atoms with Crippen LogP contribution in [0.1, 0.15) is 29.5 Å². The van der Waals surface area contributed by atoms with E-state index in [1.54, 1.807) is 18.2 Å². The first-order valence-electron chi connectivity index (χ1n) is 9.87. The minimum Gasteiger partial charge on any atom is -0.496 e. The van der Waals surface area contributed by atoms with Crippen molar-refractivity contribution in [2.24, 2.45) is 0 Å². The van der Waals surface area contributed by atoms with Gasteiger partial charge in [-0.05, 0) is 29.8 Å². The van der Waals surface area contributed by atoms with Crippen LogP contribution in [0.5, 0.6) is 11.5 Å². The van der Waals surface area contributed by atoms with Crippen LogP contribution < -0.4 is 14.8 Å². The lowest BCUT2D eigenvalue weighted by molar-refractivity contribution is -0.118. The van der Waals surface area contributed by atoms with Crippen molar-refractivity contribution in [1.82, 2.24) is 0 Å². The summed E-state index contributed by atoms with van der Waals surface area (Å²) in [5.41, 5.74) is 1.75. The van der Waals surface area contributed by atoms with Gasteiger partial charge in [-0.3, -0.25) is 4.79 Å². The molecule has 0 radical (unpaired) electrons. The fourth-order valence-electron chi connectivity index (χ4n) is 3.24. The number of carbonyl (C=O) groups excluding carboxylic acids is 2. The Labute approximate surface area is 195 Å². The van der Waals surface area contributed by atoms with E-state index in [0.717, 1.165) is 0 Å². The van der Waals surface area contributed by atoms with E-state index in [1.807, 2.05) is 12.1 Å². The molecule has 1 amide bonds. The second-order valence-corrected chi connectivity index (χ2v) is 7.63. The van der Waals surface area contributed by atoms with Crippen molar-refractivity contribution in [2.45, 2.75) is 18.6 Å². The highest BCUT2D eigenvalue weighted by Gasteiger charge is 2.23. The first kappa shape index (κ1) is 25.9. The summed E-state index contributed by atoms with van der Waals surface area (Å²) in [5, 5.41) is 2.68. The number of rotatable bonds is 12. The number of ether oxygens (including phenoxy) is 4. The van der Waals surface area contributed by atoms with Crippen molar-refractivity contribution in [3.8, 4) is 11.5 Å². The summed E-state index contributed by atoms with van der Waals surface area (Å²) in [5.74, 6) is 0.818. The molecule has 1 atom stereocenters. The smallest absolute Gasteiger partial charge is 0.224 e. The molecule has 2 rings (SSSR count). The molecule has 1 unspecified atom stereocenters. The highest BCUT2D eigenvalue weighted by molar-refractivity contribution is 7.78. The molecule has 2 N–H and O–H groups in total. The number of nitrogens with one attached hydrogen (secondary N) is 1. The Morgan fingerprint density at radius 3 is 2.21 bits per heavy atom. The van der Waals surface area contributed by atoms with Crippen LogP contribution in [0.4, 0.5) is 5.69 Å². The van der Waals surface area contributed by atoms with Gasteiger partial charge in [0, 0.05) is 18.4 Å². The van der Waals surface area contributed by atoms with Crippen molar-refractivity contribution in [3.63, 3.8) is 0 Å². The van der Waals surface area contributed by atoms with Gasteiger partial charge in [0.1, 0.15) is 17.8 Å². The summed E-state index contributed by atoms with van der Waals surface area (Å²) >= 11 is -2.19. The number of para-hydroxylation sites is 1.